The van der Waals surface area contributed by atoms with E-state index in [1.165, 1.54) is 0 Å². The molecule has 0 bridgehead atoms. The van der Waals surface area contributed by atoms with Gasteiger partial charge >= 0.3 is 24.3 Å². The number of hydrogen-bond donors (Lipinski definition) is 6. The molecule has 7 N–H and O–H groups in total. The van der Waals surface area contributed by atoms with Gasteiger partial charge < -0.3 is 36.0 Å². The number of benzene rings is 1. The first-order valence-electron chi connectivity index (χ1n) is 13.2. The van der Waals surface area contributed by atoms with Gasteiger partial charge in [-0.15, -0.1) is 0 Å². The molecule has 1 amide bonds. The first-order valence-corrected chi connectivity index (χ1v) is 13.2. The molecule has 0 radical (unpaired) electrons. The zero-order valence-electron chi connectivity index (χ0n) is 23.7. The highest BCUT2D eigenvalue weighted by atomic mass is 19.4. The zero-order valence-corrected chi connectivity index (χ0v) is 23.7. The fourth-order valence-corrected chi connectivity index (χ4v) is 3.77. The number of nitrogen functional groups attached to an aromatic ring is 1. The molecule has 250 valence electrons. The van der Waals surface area contributed by atoms with Crippen molar-refractivity contribution >= 4 is 29.4 Å². The van der Waals surface area contributed by atoms with Gasteiger partial charge in [-0.3, -0.25) is 15.2 Å². The van der Waals surface area contributed by atoms with Crippen molar-refractivity contribution in [1.82, 2.24) is 10.3 Å². The van der Waals surface area contributed by atoms with Gasteiger partial charge in [0.25, 0.3) is 0 Å². The van der Waals surface area contributed by atoms with Crippen molar-refractivity contribution < 1.29 is 60.8 Å². The maximum atomic E-state index is 12.5. The molecule has 12 nitrogen and oxygen atoms in total. The first kappa shape index (κ1) is 38.4. The molecule has 18 heteroatoms. The Morgan fingerprint density at radius 1 is 1.00 bits per heavy atom. The van der Waals surface area contributed by atoms with Crippen molar-refractivity contribution in [3.8, 4) is 5.75 Å². The van der Waals surface area contributed by atoms with Crippen molar-refractivity contribution in [2.75, 3.05) is 37.7 Å². The number of aliphatic hydroxyl groups is 1. The molecule has 2 heterocycles. The number of aromatic nitrogens is 1. The van der Waals surface area contributed by atoms with E-state index in [9.17, 15) is 31.1 Å². The molecule has 1 aliphatic rings. The van der Waals surface area contributed by atoms with Gasteiger partial charge in [-0.2, -0.15) is 26.3 Å². The molecule has 1 aliphatic heterocycles. The number of hydrogen-bond acceptors (Lipinski definition) is 8. The van der Waals surface area contributed by atoms with Gasteiger partial charge in [0.15, 0.2) is 0 Å². The summed E-state index contributed by atoms with van der Waals surface area (Å²) in [5.41, 5.74) is 8.27. The van der Waals surface area contributed by atoms with Gasteiger partial charge in [0.05, 0.1) is 6.54 Å². The van der Waals surface area contributed by atoms with Crippen LogP contribution in [0.4, 0.5) is 32.0 Å². The Morgan fingerprint density at radius 2 is 1.53 bits per heavy atom. The van der Waals surface area contributed by atoms with Crippen LogP contribution in [0.3, 0.4) is 0 Å². The third-order valence-corrected chi connectivity index (χ3v) is 6.02. The van der Waals surface area contributed by atoms with E-state index in [2.05, 4.69) is 15.2 Å². The minimum absolute atomic E-state index is 0.0132. The number of nitrogens with one attached hydrogen (secondary N) is 2. The largest absolute Gasteiger partial charge is 0.491 e. The summed E-state index contributed by atoms with van der Waals surface area (Å²) in [5.74, 6) is -4.82. The monoisotopic (exact) mass is 653 g/mol. The predicted octanol–water partition coefficient (Wildman–Crippen LogP) is 2.97. The number of rotatable bonds is 10. The van der Waals surface area contributed by atoms with Crippen LogP contribution in [0.2, 0.25) is 0 Å². The molecular formula is C27H33F6N5O7. The Morgan fingerprint density at radius 3 is 2.00 bits per heavy atom. The number of pyridine rings is 1. The van der Waals surface area contributed by atoms with E-state index in [0.717, 1.165) is 37.2 Å². The standard InChI is InChI=1S/C23H31N5O3.2C2HF3O2/c24-22(25)19-4-3-17(2-1-14-29)21(16-19)31-15-11-27-23(30)18-7-12-28(13-8-18)20-5-9-26-10-6-20;2*3-2(4,5)1(6)7/h3-6,9-10,16,18,29H,1-2,7-8,11-15H2,(H3,24,25)(H,27,30);2*(H,6,7). The summed E-state index contributed by atoms with van der Waals surface area (Å²) in [4.78, 5) is 36.7. The van der Waals surface area contributed by atoms with Crippen LogP contribution in [0, 0.1) is 11.3 Å². The van der Waals surface area contributed by atoms with E-state index >= 15 is 0 Å². The maximum Gasteiger partial charge on any atom is 0.490 e. The predicted molar refractivity (Wildman–Crippen MR) is 148 cm³/mol. The number of carbonyl (C=O) groups is 3. The Balaban J connectivity index is 0.000000601. The normalized spacial score (nSPS) is 13.4. The number of aliphatic carboxylic acids is 2. The summed E-state index contributed by atoms with van der Waals surface area (Å²) in [7, 11) is 0. The number of anilines is 1. The number of carboxylic acid groups (broad SMARTS) is 2. The van der Waals surface area contributed by atoms with E-state index in [0.29, 0.717) is 37.3 Å². The van der Waals surface area contributed by atoms with Gasteiger partial charge in [0, 0.05) is 49.3 Å². The lowest BCUT2D eigenvalue weighted by molar-refractivity contribution is -0.193. The Bertz CT molecular complexity index is 1230. The Labute approximate surface area is 253 Å². The van der Waals surface area contributed by atoms with E-state index < -0.39 is 24.3 Å². The number of amidine groups is 1. The molecule has 0 unspecified atom stereocenters. The highest BCUT2D eigenvalue weighted by Crippen LogP contribution is 2.24. The van der Waals surface area contributed by atoms with Gasteiger partial charge in [0.1, 0.15) is 18.2 Å². The van der Waals surface area contributed by atoms with Crippen molar-refractivity contribution in [2.45, 2.75) is 38.0 Å². The average molecular weight is 654 g/mol. The van der Waals surface area contributed by atoms with Gasteiger partial charge in [-0.1, -0.05) is 12.1 Å². The molecule has 1 aromatic heterocycles. The summed E-state index contributed by atoms with van der Waals surface area (Å²) in [6.45, 7) is 2.54. The van der Waals surface area contributed by atoms with E-state index in [1.807, 2.05) is 18.2 Å². The fraction of sp³-hybridized carbons (Fsp3) is 0.444. The number of alkyl halides is 6. The van der Waals surface area contributed by atoms with Crippen molar-refractivity contribution in [3.05, 3.63) is 53.9 Å². The van der Waals surface area contributed by atoms with Gasteiger partial charge in [0.2, 0.25) is 5.91 Å². The topological polar surface area (TPSA) is 199 Å². The number of ether oxygens (including phenoxy) is 1. The minimum Gasteiger partial charge on any atom is -0.491 e. The van der Waals surface area contributed by atoms with Crippen molar-refractivity contribution in [2.24, 2.45) is 11.7 Å². The molecule has 0 aliphatic carbocycles. The van der Waals surface area contributed by atoms with Crippen molar-refractivity contribution in [3.63, 3.8) is 0 Å². The van der Waals surface area contributed by atoms with Crippen LogP contribution in [-0.4, -0.2) is 89.2 Å². The van der Waals surface area contributed by atoms with Crippen molar-refractivity contribution in [1.29, 1.82) is 5.41 Å². The SMILES string of the molecule is N=C(N)c1ccc(CCCO)c(OCCNC(=O)C2CCN(c3ccncc3)CC2)c1.O=C(O)C(F)(F)F.O=C(O)C(F)(F)F. The number of amides is 1. The van der Waals surface area contributed by atoms with E-state index in [1.54, 1.807) is 24.5 Å². The number of carbonyl (C=O) groups excluding carboxylic acids is 1. The Kier molecular flexibility index (Phi) is 15.6. The lowest BCUT2D eigenvalue weighted by Gasteiger charge is -2.32. The maximum absolute atomic E-state index is 12.5. The second-order valence-electron chi connectivity index (χ2n) is 9.28. The molecule has 1 fully saturated rings. The highest BCUT2D eigenvalue weighted by Gasteiger charge is 2.38. The molecule has 45 heavy (non-hydrogen) atoms. The van der Waals surface area contributed by atoms with E-state index in [4.69, 9.17) is 40.8 Å². The molecule has 0 saturated carbocycles. The number of nitrogens with two attached hydrogens (primary N) is 1. The molecule has 0 atom stereocenters. The number of halogens is 6. The highest BCUT2D eigenvalue weighted by molar-refractivity contribution is 5.95. The number of nitrogens with zero attached hydrogens (tertiary/aromatic N) is 2. The third kappa shape index (κ3) is 14.6. The Hall–Kier alpha value is -4.61. The molecule has 1 aromatic carbocycles. The van der Waals surface area contributed by atoms with Gasteiger partial charge in [-0.05, 0) is 49.4 Å². The lowest BCUT2D eigenvalue weighted by Crippen LogP contribution is -2.41. The summed E-state index contributed by atoms with van der Waals surface area (Å²) >= 11 is 0. The lowest BCUT2D eigenvalue weighted by atomic mass is 9.95. The van der Waals surface area contributed by atoms with Crippen LogP contribution >= 0.6 is 0 Å². The summed E-state index contributed by atoms with van der Waals surface area (Å²) in [5, 5.41) is 33.9. The summed E-state index contributed by atoms with van der Waals surface area (Å²) < 4.78 is 69.3. The van der Waals surface area contributed by atoms with Crippen LogP contribution in [-0.2, 0) is 20.8 Å². The number of aliphatic hydroxyl groups excluding tert-OH is 1. The molecule has 2 aromatic rings. The fourth-order valence-electron chi connectivity index (χ4n) is 3.77. The molecular weight excluding hydrogens is 620 g/mol. The number of aryl methyl sites for hydroxylation is 1. The summed E-state index contributed by atoms with van der Waals surface area (Å²) in [6.07, 6.45) is -3.65. The minimum atomic E-state index is -5.08. The molecule has 1 saturated heterocycles. The molecule has 3 rings (SSSR count). The van der Waals surface area contributed by atoms with Crippen LogP contribution < -0.4 is 20.7 Å². The van der Waals surface area contributed by atoms with Crippen LogP contribution in [0.15, 0.2) is 42.7 Å². The van der Waals surface area contributed by atoms with Crippen LogP contribution in [0.25, 0.3) is 0 Å². The summed E-state index contributed by atoms with van der Waals surface area (Å²) in [6, 6.07) is 9.38. The average Bonchev–Trinajstić information content (AvgIpc) is 2.98. The first-order chi connectivity index (χ1) is 21.0. The smallest absolute Gasteiger partial charge is 0.490 e. The number of piperidine rings is 1. The quantitative estimate of drug-likeness (QED) is 0.0959. The second kappa shape index (κ2) is 18.3. The third-order valence-electron chi connectivity index (χ3n) is 6.02. The zero-order chi connectivity index (χ0) is 34.2. The van der Waals surface area contributed by atoms with Crippen LogP contribution in [0.5, 0.6) is 5.75 Å². The van der Waals surface area contributed by atoms with E-state index in [-0.39, 0.29) is 24.3 Å². The number of carboxylic acids is 2. The second-order valence-corrected chi connectivity index (χ2v) is 9.28. The van der Waals surface area contributed by atoms with Gasteiger partial charge in [-0.25, -0.2) is 9.59 Å². The molecule has 0 spiro atoms. The van der Waals surface area contributed by atoms with Crippen LogP contribution in [0.1, 0.15) is 30.4 Å².